The molecule has 0 amide bonds. The zero-order chi connectivity index (χ0) is 18.0. The van der Waals surface area contributed by atoms with Gasteiger partial charge in [-0.2, -0.15) is 0 Å². The molecule has 0 saturated carbocycles. The molecule has 2 N–H and O–H groups in total. The topological polar surface area (TPSA) is 45.6 Å². The van der Waals surface area contributed by atoms with Gasteiger partial charge in [-0.15, -0.1) is 0 Å². The summed E-state index contributed by atoms with van der Waals surface area (Å²) in [5.41, 5.74) is 0.753. The summed E-state index contributed by atoms with van der Waals surface area (Å²) in [6.07, 6.45) is -0.0625. The number of anilines is 1. The van der Waals surface area contributed by atoms with Crippen LogP contribution in [0.1, 0.15) is 6.92 Å². The van der Waals surface area contributed by atoms with Crippen molar-refractivity contribution in [3.63, 3.8) is 0 Å². The molecule has 25 heavy (non-hydrogen) atoms. The highest BCUT2D eigenvalue weighted by Crippen LogP contribution is 2.39. The molecule has 0 saturated heterocycles. The Hall–Kier alpha value is -2.19. The second-order valence-corrected chi connectivity index (χ2v) is 6.34. The number of hydrogen-bond acceptors (Lipinski definition) is 3. The van der Waals surface area contributed by atoms with Crippen LogP contribution in [0.3, 0.4) is 0 Å². The molecular weight excluding hydrogens is 351 g/mol. The van der Waals surface area contributed by atoms with Crippen molar-refractivity contribution in [3.8, 4) is 11.1 Å². The number of aliphatic imine (C=N–C) groups is 1. The molecule has 4 nitrogen and oxygen atoms in total. The number of guanidine groups is 1. The van der Waals surface area contributed by atoms with Gasteiger partial charge in [0, 0.05) is 24.3 Å². The molecular formula is C17H16F3N3OS. The van der Waals surface area contributed by atoms with Crippen molar-refractivity contribution >= 4 is 23.6 Å². The molecule has 2 aromatic rings. The first kappa shape index (κ1) is 17.6. The van der Waals surface area contributed by atoms with Crippen molar-refractivity contribution in [2.45, 2.75) is 17.9 Å². The van der Waals surface area contributed by atoms with Gasteiger partial charge in [-0.3, -0.25) is 4.72 Å². The molecule has 1 aliphatic rings. The lowest BCUT2D eigenvalue weighted by atomic mass is 10.0. The van der Waals surface area contributed by atoms with E-state index in [2.05, 4.69) is 15.0 Å². The van der Waals surface area contributed by atoms with Gasteiger partial charge in [-0.1, -0.05) is 12.1 Å². The van der Waals surface area contributed by atoms with Crippen LogP contribution in [0, 0.1) is 17.5 Å². The molecule has 1 atom stereocenters. The molecule has 0 aliphatic carbocycles. The van der Waals surface area contributed by atoms with Crippen molar-refractivity contribution in [1.82, 2.24) is 4.72 Å². The summed E-state index contributed by atoms with van der Waals surface area (Å²) in [6.45, 7) is 2.30. The summed E-state index contributed by atoms with van der Waals surface area (Å²) in [5, 5.41) is 3.06. The normalized spacial score (nSPS) is 16.1. The highest BCUT2D eigenvalue weighted by atomic mass is 32.2. The summed E-state index contributed by atoms with van der Waals surface area (Å²) in [6, 6.07) is 6.61. The standard InChI is InChI=1S/C17H16F3N3OS/c1-9(24-2)8-21-17-22-16-11(4-3-5-14(16)25-23-17)12-6-10(18)7-13(19)15(12)20/h3-7,9H,8H2,1-2H3,(H2,21,22,23)/t9-/m0/s1. The molecule has 132 valence electrons. The number of nitrogens with one attached hydrogen (secondary N) is 2. The van der Waals surface area contributed by atoms with Crippen LogP contribution >= 0.6 is 11.9 Å². The number of rotatable bonds is 4. The summed E-state index contributed by atoms with van der Waals surface area (Å²) < 4.78 is 49.5. The van der Waals surface area contributed by atoms with E-state index in [1.54, 1.807) is 19.2 Å². The fourth-order valence-electron chi connectivity index (χ4n) is 2.33. The van der Waals surface area contributed by atoms with Gasteiger partial charge in [0.05, 0.1) is 23.2 Å². The molecule has 2 aromatic carbocycles. The Bertz CT molecular complexity index is 829. The van der Waals surface area contributed by atoms with Crippen LogP contribution in [0.2, 0.25) is 0 Å². The molecule has 3 rings (SSSR count). The fourth-order valence-corrected chi connectivity index (χ4v) is 3.07. The first-order valence-electron chi connectivity index (χ1n) is 7.54. The van der Waals surface area contributed by atoms with Gasteiger partial charge in [-0.25, -0.2) is 18.2 Å². The fraction of sp³-hybridized carbons (Fsp3) is 0.235. The van der Waals surface area contributed by atoms with E-state index < -0.39 is 17.5 Å². The van der Waals surface area contributed by atoms with Crippen LogP contribution in [0.25, 0.3) is 11.1 Å². The van der Waals surface area contributed by atoms with Gasteiger partial charge >= 0.3 is 0 Å². The molecule has 0 bridgehead atoms. The highest BCUT2D eigenvalue weighted by Gasteiger charge is 2.21. The van der Waals surface area contributed by atoms with Crippen molar-refractivity contribution in [3.05, 3.63) is 47.8 Å². The lowest BCUT2D eigenvalue weighted by Gasteiger charge is -2.23. The van der Waals surface area contributed by atoms with Crippen LogP contribution in [-0.2, 0) is 4.74 Å². The summed E-state index contributed by atoms with van der Waals surface area (Å²) in [5.74, 6) is -2.69. The van der Waals surface area contributed by atoms with Crippen molar-refractivity contribution < 1.29 is 17.9 Å². The minimum Gasteiger partial charge on any atom is -0.380 e. The predicted molar refractivity (Wildman–Crippen MR) is 93.1 cm³/mol. The third-order valence-corrected chi connectivity index (χ3v) is 4.57. The van der Waals surface area contributed by atoms with Gasteiger partial charge in [0.1, 0.15) is 5.82 Å². The number of nitrogens with zero attached hydrogens (tertiary/aromatic N) is 1. The average Bonchev–Trinajstić information content (AvgIpc) is 2.62. The summed E-state index contributed by atoms with van der Waals surface area (Å²) in [7, 11) is 1.59. The van der Waals surface area contributed by atoms with Gasteiger partial charge in [-0.05, 0) is 31.0 Å². The van der Waals surface area contributed by atoms with E-state index in [0.29, 0.717) is 29.8 Å². The maximum atomic E-state index is 14.2. The Balaban J connectivity index is 2.00. The number of halogens is 3. The van der Waals surface area contributed by atoms with Crippen LogP contribution in [0.15, 0.2) is 40.2 Å². The number of methoxy groups -OCH3 is 1. The van der Waals surface area contributed by atoms with Crippen LogP contribution < -0.4 is 10.0 Å². The van der Waals surface area contributed by atoms with Gasteiger partial charge < -0.3 is 10.1 Å². The molecule has 0 spiro atoms. The largest absolute Gasteiger partial charge is 0.380 e. The van der Waals surface area contributed by atoms with E-state index >= 15 is 0 Å². The monoisotopic (exact) mass is 367 g/mol. The smallest absolute Gasteiger partial charge is 0.206 e. The lowest BCUT2D eigenvalue weighted by Crippen LogP contribution is -2.30. The number of para-hydroxylation sites is 1. The first-order valence-corrected chi connectivity index (χ1v) is 8.36. The molecule has 0 fully saturated rings. The Morgan fingerprint density at radius 2 is 2.00 bits per heavy atom. The average molecular weight is 367 g/mol. The predicted octanol–water partition coefficient (Wildman–Crippen LogP) is 4.18. The Labute approximate surface area is 147 Å². The van der Waals surface area contributed by atoms with E-state index in [-0.39, 0.29) is 11.7 Å². The second kappa shape index (κ2) is 7.37. The molecule has 8 heteroatoms. The van der Waals surface area contributed by atoms with Crippen molar-refractivity contribution in [2.75, 3.05) is 19.0 Å². The lowest BCUT2D eigenvalue weighted by molar-refractivity contribution is 0.125. The van der Waals surface area contributed by atoms with E-state index in [0.717, 1.165) is 11.0 Å². The SMILES string of the molecule is CO[C@@H](C)CN=C1NSc2cccc(-c3cc(F)cc(F)c3F)c2N1. The van der Waals surface area contributed by atoms with Gasteiger partial charge in [0.25, 0.3) is 0 Å². The number of fused-ring (bicyclic) bond motifs is 1. The van der Waals surface area contributed by atoms with Crippen LogP contribution in [-0.4, -0.2) is 25.7 Å². The minimum atomic E-state index is -1.22. The summed E-state index contributed by atoms with van der Waals surface area (Å²) in [4.78, 5) is 5.12. The summed E-state index contributed by atoms with van der Waals surface area (Å²) >= 11 is 1.29. The molecule has 0 aromatic heterocycles. The molecule has 1 aliphatic heterocycles. The van der Waals surface area contributed by atoms with E-state index in [4.69, 9.17) is 4.74 Å². The Morgan fingerprint density at radius 1 is 1.20 bits per heavy atom. The number of ether oxygens (including phenoxy) is 1. The Morgan fingerprint density at radius 3 is 2.76 bits per heavy atom. The zero-order valence-electron chi connectivity index (χ0n) is 13.6. The minimum absolute atomic E-state index is 0.0625. The number of benzene rings is 2. The highest BCUT2D eigenvalue weighted by molar-refractivity contribution is 7.98. The molecule has 0 unspecified atom stereocenters. The molecule has 0 radical (unpaired) electrons. The van der Waals surface area contributed by atoms with Crippen molar-refractivity contribution in [1.29, 1.82) is 0 Å². The van der Waals surface area contributed by atoms with Gasteiger partial charge in [0.15, 0.2) is 11.6 Å². The second-order valence-electron chi connectivity index (χ2n) is 5.49. The van der Waals surface area contributed by atoms with E-state index in [1.165, 1.54) is 11.9 Å². The maximum Gasteiger partial charge on any atom is 0.206 e. The molecule has 1 heterocycles. The Kier molecular flexibility index (Phi) is 5.19. The number of hydrogen-bond donors (Lipinski definition) is 2. The third-order valence-electron chi connectivity index (χ3n) is 3.72. The first-order chi connectivity index (χ1) is 12.0. The quantitative estimate of drug-likeness (QED) is 0.629. The maximum absolute atomic E-state index is 14.2. The van der Waals surface area contributed by atoms with Crippen LogP contribution in [0.5, 0.6) is 0 Å². The van der Waals surface area contributed by atoms with Gasteiger partial charge in [0.2, 0.25) is 5.96 Å². The van der Waals surface area contributed by atoms with E-state index in [9.17, 15) is 13.2 Å². The van der Waals surface area contributed by atoms with E-state index in [1.807, 2.05) is 13.0 Å². The van der Waals surface area contributed by atoms with Crippen LogP contribution in [0.4, 0.5) is 18.9 Å². The van der Waals surface area contributed by atoms with Crippen molar-refractivity contribution in [2.24, 2.45) is 4.99 Å². The third kappa shape index (κ3) is 3.74. The zero-order valence-corrected chi connectivity index (χ0v) is 14.4.